The van der Waals surface area contributed by atoms with Crippen LogP contribution in [0.3, 0.4) is 0 Å². The van der Waals surface area contributed by atoms with Crippen LogP contribution in [-0.4, -0.2) is 29.8 Å². The van der Waals surface area contributed by atoms with Crippen LogP contribution in [0.25, 0.3) is 22.0 Å². The zero-order valence-corrected chi connectivity index (χ0v) is 18.2. The van der Waals surface area contributed by atoms with Crippen molar-refractivity contribution >= 4 is 23.0 Å². The lowest BCUT2D eigenvalue weighted by molar-refractivity contribution is 0.0506. The monoisotopic (exact) mass is 424 g/mol. The smallest absolute Gasteiger partial charge is 0.408 e. The number of methoxy groups -OCH3 is 1. The van der Waals surface area contributed by atoms with Crippen molar-refractivity contribution in [2.24, 2.45) is 0 Å². The van der Waals surface area contributed by atoms with E-state index in [4.69, 9.17) is 9.47 Å². The number of carbonyl (C=O) groups excluding carboxylic acids is 2. The molecule has 31 heavy (non-hydrogen) atoms. The molecule has 7 heteroatoms. The van der Waals surface area contributed by atoms with Gasteiger partial charge in [-0.05, 0) is 51.5 Å². The van der Waals surface area contributed by atoms with Crippen LogP contribution in [-0.2, 0) is 9.47 Å². The SMILES string of the molecule is COC(=O)c1c(-c2ccccc2)c(C(C)NC(=O)OC(C)(C)C)nc2ccc(F)cc12. The van der Waals surface area contributed by atoms with E-state index in [1.54, 1.807) is 27.7 Å². The van der Waals surface area contributed by atoms with Crippen molar-refractivity contribution in [3.8, 4) is 11.1 Å². The second-order valence-corrected chi connectivity index (χ2v) is 8.13. The summed E-state index contributed by atoms with van der Waals surface area (Å²) in [5.41, 5.74) is 1.53. The third-order valence-corrected chi connectivity index (χ3v) is 4.57. The third kappa shape index (κ3) is 4.99. The summed E-state index contributed by atoms with van der Waals surface area (Å²) < 4.78 is 24.4. The van der Waals surface area contributed by atoms with Crippen LogP contribution >= 0.6 is 0 Å². The van der Waals surface area contributed by atoms with Gasteiger partial charge in [0.05, 0.1) is 29.9 Å². The van der Waals surface area contributed by atoms with E-state index in [0.717, 1.165) is 0 Å². The van der Waals surface area contributed by atoms with Gasteiger partial charge in [0.1, 0.15) is 11.4 Å². The van der Waals surface area contributed by atoms with Gasteiger partial charge in [-0.3, -0.25) is 0 Å². The normalized spacial score (nSPS) is 12.3. The number of rotatable bonds is 4. The summed E-state index contributed by atoms with van der Waals surface area (Å²) in [6, 6.07) is 12.5. The molecule has 1 amide bonds. The molecule has 0 aliphatic rings. The molecule has 0 saturated carbocycles. The molecule has 0 aliphatic heterocycles. The van der Waals surface area contributed by atoms with Crippen molar-refractivity contribution < 1.29 is 23.5 Å². The van der Waals surface area contributed by atoms with Gasteiger partial charge in [0.25, 0.3) is 0 Å². The third-order valence-electron chi connectivity index (χ3n) is 4.57. The van der Waals surface area contributed by atoms with Crippen molar-refractivity contribution in [2.75, 3.05) is 7.11 Å². The summed E-state index contributed by atoms with van der Waals surface area (Å²) in [5.74, 6) is -1.12. The fraction of sp³-hybridized carbons (Fsp3) is 0.292. The first kappa shape index (κ1) is 22.2. The van der Waals surface area contributed by atoms with Gasteiger partial charge < -0.3 is 14.8 Å². The standard InChI is InChI=1S/C24H25FN2O4/c1-14(26-23(29)31-24(2,3)4)21-19(15-9-7-6-8-10-15)20(22(28)30-5)17-13-16(25)11-12-18(17)27-21/h6-14H,1-5H3,(H,26,29). The lowest BCUT2D eigenvalue weighted by Crippen LogP contribution is -2.34. The van der Waals surface area contributed by atoms with Gasteiger partial charge in [-0.25, -0.2) is 19.0 Å². The average Bonchev–Trinajstić information content (AvgIpc) is 2.71. The molecule has 0 bridgehead atoms. The number of hydrogen-bond donors (Lipinski definition) is 1. The first-order chi connectivity index (χ1) is 14.6. The zero-order valence-electron chi connectivity index (χ0n) is 18.2. The molecular weight excluding hydrogens is 399 g/mol. The number of nitrogens with one attached hydrogen (secondary N) is 1. The number of aromatic nitrogens is 1. The van der Waals surface area contributed by atoms with Gasteiger partial charge in [-0.2, -0.15) is 0 Å². The number of carbonyl (C=O) groups is 2. The summed E-state index contributed by atoms with van der Waals surface area (Å²) in [6.07, 6.45) is -0.611. The van der Waals surface area contributed by atoms with Crippen LogP contribution < -0.4 is 5.32 Å². The molecule has 1 N–H and O–H groups in total. The van der Waals surface area contributed by atoms with Gasteiger partial charge in [0, 0.05) is 10.9 Å². The first-order valence-corrected chi connectivity index (χ1v) is 9.87. The molecule has 3 aromatic rings. The minimum Gasteiger partial charge on any atom is -0.465 e. The molecule has 3 rings (SSSR count). The Morgan fingerprint density at radius 3 is 2.39 bits per heavy atom. The van der Waals surface area contributed by atoms with Crippen LogP contribution in [0.2, 0.25) is 0 Å². The molecule has 0 spiro atoms. The van der Waals surface area contributed by atoms with Crippen molar-refractivity contribution in [2.45, 2.75) is 39.3 Å². The highest BCUT2D eigenvalue weighted by Gasteiger charge is 2.27. The molecule has 1 heterocycles. The molecule has 6 nitrogen and oxygen atoms in total. The van der Waals surface area contributed by atoms with Gasteiger partial charge in [0.15, 0.2) is 0 Å². The van der Waals surface area contributed by atoms with Crippen LogP contribution in [0.15, 0.2) is 48.5 Å². The second-order valence-electron chi connectivity index (χ2n) is 8.13. The Labute approximate surface area is 180 Å². The van der Waals surface area contributed by atoms with E-state index in [0.29, 0.717) is 27.7 Å². The lowest BCUT2D eigenvalue weighted by atomic mass is 9.92. The number of esters is 1. The Morgan fingerprint density at radius 2 is 1.77 bits per heavy atom. The Morgan fingerprint density at radius 1 is 1.10 bits per heavy atom. The van der Waals surface area contributed by atoms with Crippen molar-refractivity contribution in [1.29, 1.82) is 0 Å². The predicted octanol–water partition coefficient (Wildman–Crippen LogP) is 5.41. The van der Waals surface area contributed by atoms with Gasteiger partial charge in [0.2, 0.25) is 0 Å². The largest absolute Gasteiger partial charge is 0.465 e. The molecule has 0 saturated heterocycles. The molecule has 162 valence electrons. The highest BCUT2D eigenvalue weighted by molar-refractivity contribution is 6.09. The zero-order chi connectivity index (χ0) is 22.8. The highest BCUT2D eigenvalue weighted by Crippen LogP contribution is 2.36. The topological polar surface area (TPSA) is 77.5 Å². The van der Waals surface area contributed by atoms with E-state index in [1.165, 1.54) is 25.3 Å². The average molecular weight is 424 g/mol. The molecular formula is C24H25FN2O4. The van der Waals surface area contributed by atoms with Crippen molar-refractivity contribution in [3.05, 3.63) is 65.6 Å². The maximum Gasteiger partial charge on any atom is 0.408 e. The number of alkyl carbamates (subject to hydrolysis) is 1. The highest BCUT2D eigenvalue weighted by atomic mass is 19.1. The minimum atomic E-state index is -0.669. The number of ether oxygens (including phenoxy) is 2. The molecule has 1 aromatic heterocycles. The number of amides is 1. The fourth-order valence-electron chi connectivity index (χ4n) is 3.33. The van der Waals surface area contributed by atoms with Crippen LogP contribution in [0, 0.1) is 5.82 Å². The van der Waals surface area contributed by atoms with Gasteiger partial charge in [-0.15, -0.1) is 0 Å². The Hall–Kier alpha value is -3.48. The van der Waals surface area contributed by atoms with Crippen LogP contribution in [0.1, 0.15) is 49.8 Å². The van der Waals surface area contributed by atoms with E-state index < -0.39 is 29.5 Å². The van der Waals surface area contributed by atoms with E-state index in [-0.39, 0.29) is 5.56 Å². The molecule has 2 aromatic carbocycles. The summed E-state index contributed by atoms with van der Waals surface area (Å²) in [5, 5.41) is 3.11. The molecule has 0 fully saturated rings. The number of hydrogen-bond acceptors (Lipinski definition) is 5. The van der Waals surface area contributed by atoms with E-state index in [2.05, 4.69) is 10.3 Å². The number of nitrogens with zero attached hydrogens (tertiary/aromatic N) is 1. The molecule has 0 aliphatic carbocycles. The maximum absolute atomic E-state index is 14.1. The minimum absolute atomic E-state index is 0.186. The Balaban J connectivity index is 2.26. The first-order valence-electron chi connectivity index (χ1n) is 9.87. The van der Waals surface area contributed by atoms with E-state index in [9.17, 15) is 14.0 Å². The van der Waals surface area contributed by atoms with Gasteiger partial charge >= 0.3 is 12.1 Å². The Kier molecular flexibility index (Phi) is 6.24. The number of halogens is 1. The fourth-order valence-corrected chi connectivity index (χ4v) is 3.33. The summed E-state index contributed by atoms with van der Waals surface area (Å²) in [6.45, 7) is 7.05. The molecule has 0 radical (unpaired) electrons. The molecule has 1 unspecified atom stereocenters. The lowest BCUT2D eigenvalue weighted by Gasteiger charge is -2.24. The molecule has 1 atom stereocenters. The summed E-state index contributed by atoms with van der Waals surface area (Å²) >= 11 is 0. The second kappa shape index (κ2) is 8.71. The number of fused-ring (bicyclic) bond motifs is 1. The number of pyridine rings is 1. The van der Waals surface area contributed by atoms with E-state index in [1.807, 2.05) is 30.3 Å². The maximum atomic E-state index is 14.1. The van der Waals surface area contributed by atoms with Crippen molar-refractivity contribution in [1.82, 2.24) is 10.3 Å². The number of benzene rings is 2. The summed E-state index contributed by atoms with van der Waals surface area (Å²) in [4.78, 5) is 29.9. The Bertz CT molecular complexity index is 1120. The van der Waals surface area contributed by atoms with Gasteiger partial charge in [-0.1, -0.05) is 30.3 Å². The predicted molar refractivity (Wildman–Crippen MR) is 116 cm³/mol. The van der Waals surface area contributed by atoms with Crippen LogP contribution in [0.5, 0.6) is 0 Å². The quantitative estimate of drug-likeness (QED) is 0.567. The van der Waals surface area contributed by atoms with Crippen molar-refractivity contribution in [3.63, 3.8) is 0 Å². The van der Waals surface area contributed by atoms with Crippen LogP contribution in [0.4, 0.5) is 9.18 Å². The summed E-state index contributed by atoms with van der Waals surface area (Å²) in [7, 11) is 1.27. The van der Waals surface area contributed by atoms with E-state index >= 15 is 0 Å².